The Morgan fingerprint density at radius 2 is 1.82 bits per heavy atom. The third-order valence-corrected chi connectivity index (χ3v) is 3.58. The lowest BCUT2D eigenvalue weighted by Crippen LogP contribution is -2.36. The highest BCUT2D eigenvalue weighted by Crippen LogP contribution is 2.21. The lowest BCUT2D eigenvalue weighted by Gasteiger charge is -2.31. The second kappa shape index (κ2) is 6.72. The fourth-order valence-corrected chi connectivity index (χ4v) is 2.61. The van der Waals surface area contributed by atoms with Gasteiger partial charge in [-0.2, -0.15) is 0 Å². The Labute approximate surface area is 104 Å². The summed E-state index contributed by atoms with van der Waals surface area (Å²) < 4.78 is 0. The third-order valence-electron chi connectivity index (χ3n) is 3.58. The van der Waals surface area contributed by atoms with Crippen LogP contribution in [0.2, 0.25) is 0 Å². The Morgan fingerprint density at radius 3 is 2.41 bits per heavy atom. The molecule has 1 atom stereocenters. The van der Waals surface area contributed by atoms with Gasteiger partial charge in [0.15, 0.2) is 0 Å². The van der Waals surface area contributed by atoms with E-state index in [1.807, 2.05) is 12.3 Å². The van der Waals surface area contributed by atoms with Crippen LogP contribution in [0.1, 0.15) is 43.8 Å². The topological polar surface area (TPSA) is 42.1 Å². The maximum Gasteiger partial charge on any atom is 0.0644 e. The van der Waals surface area contributed by atoms with Gasteiger partial charge in [-0.05, 0) is 38.1 Å². The predicted molar refractivity (Wildman–Crippen MR) is 70.7 cm³/mol. The van der Waals surface area contributed by atoms with Gasteiger partial charge in [-0.25, -0.2) is 0 Å². The highest BCUT2D eigenvalue weighted by Gasteiger charge is 2.20. The first-order valence-electron chi connectivity index (χ1n) is 6.77. The van der Waals surface area contributed by atoms with Crippen LogP contribution in [0.15, 0.2) is 24.4 Å². The van der Waals surface area contributed by atoms with Gasteiger partial charge in [0, 0.05) is 12.7 Å². The molecule has 0 aliphatic carbocycles. The molecule has 2 rings (SSSR count). The molecule has 1 aliphatic rings. The van der Waals surface area contributed by atoms with E-state index < -0.39 is 0 Å². The highest BCUT2D eigenvalue weighted by molar-refractivity contribution is 5.09. The predicted octanol–water partition coefficient (Wildman–Crippen LogP) is 2.35. The molecule has 2 N–H and O–H groups in total. The summed E-state index contributed by atoms with van der Waals surface area (Å²) >= 11 is 0. The fraction of sp³-hybridized carbons (Fsp3) is 0.643. The van der Waals surface area contributed by atoms with E-state index in [1.54, 1.807) is 0 Å². The van der Waals surface area contributed by atoms with Gasteiger partial charge in [-0.1, -0.05) is 25.3 Å². The molecule has 1 saturated heterocycles. The van der Waals surface area contributed by atoms with Gasteiger partial charge in [0.05, 0.1) is 11.7 Å². The first-order valence-corrected chi connectivity index (χ1v) is 6.77. The number of rotatable bonds is 3. The van der Waals surface area contributed by atoms with Gasteiger partial charge in [0.1, 0.15) is 0 Å². The summed E-state index contributed by atoms with van der Waals surface area (Å²) in [5.41, 5.74) is 7.06. The first kappa shape index (κ1) is 12.5. The number of aromatic nitrogens is 1. The molecule has 0 radical (unpaired) electrons. The van der Waals surface area contributed by atoms with Crippen molar-refractivity contribution in [1.29, 1.82) is 0 Å². The van der Waals surface area contributed by atoms with E-state index in [4.69, 9.17) is 5.73 Å². The molecule has 1 aliphatic heterocycles. The standard InChI is InChI=1S/C14H23N3/c15-12-14(13-8-4-5-9-16-13)17-10-6-2-1-3-7-11-17/h4-5,8-9,14H,1-3,6-7,10-12,15H2. The van der Waals surface area contributed by atoms with E-state index in [0.717, 1.165) is 5.69 Å². The molecule has 1 fully saturated rings. The van der Waals surface area contributed by atoms with Crippen molar-refractivity contribution in [2.45, 2.75) is 38.1 Å². The summed E-state index contributed by atoms with van der Waals surface area (Å²) in [5.74, 6) is 0. The van der Waals surface area contributed by atoms with Crippen LogP contribution in [0, 0.1) is 0 Å². The van der Waals surface area contributed by atoms with Crippen molar-refractivity contribution in [3.63, 3.8) is 0 Å². The number of pyridine rings is 1. The summed E-state index contributed by atoms with van der Waals surface area (Å²) in [5, 5.41) is 0. The average Bonchev–Trinajstić information content (AvgIpc) is 2.34. The van der Waals surface area contributed by atoms with Crippen molar-refractivity contribution in [1.82, 2.24) is 9.88 Å². The minimum Gasteiger partial charge on any atom is -0.329 e. The molecule has 0 spiro atoms. The van der Waals surface area contributed by atoms with Gasteiger partial charge >= 0.3 is 0 Å². The monoisotopic (exact) mass is 233 g/mol. The second-order valence-electron chi connectivity index (χ2n) is 4.81. The second-order valence-corrected chi connectivity index (χ2v) is 4.81. The highest BCUT2D eigenvalue weighted by atomic mass is 15.2. The number of nitrogens with zero attached hydrogens (tertiary/aromatic N) is 2. The van der Waals surface area contributed by atoms with E-state index in [9.17, 15) is 0 Å². The van der Waals surface area contributed by atoms with Crippen LogP contribution in [-0.2, 0) is 0 Å². The Bertz CT molecular complexity index is 305. The molecule has 3 nitrogen and oxygen atoms in total. The van der Waals surface area contributed by atoms with Gasteiger partial charge in [-0.15, -0.1) is 0 Å². The lowest BCUT2D eigenvalue weighted by atomic mass is 10.0. The molecule has 1 aromatic heterocycles. The van der Waals surface area contributed by atoms with Crippen LogP contribution in [0.3, 0.4) is 0 Å². The first-order chi connectivity index (χ1) is 8.42. The number of nitrogens with two attached hydrogens (primary N) is 1. The fourth-order valence-electron chi connectivity index (χ4n) is 2.61. The summed E-state index contributed by atoms with van der Waals surface area (Å²) in [4.78, 5) is 6.97. The number of likely N-dealkylation sites (tertiary alicyclic amines) is 1. The summed E-state index contributed by atoms with van der Waals surface area (Å²) in [7, 11) is 0. The summed E-state index contributed by atoms with van der Waals surface area (Å²) in [6, 6.07) is 6.41. The zero-order chi connectivity index (χ0) is 11.9. The number of hydrogen-bond acceptors (Lipinski definition) is 3. The molecule has 0 aromatic carbocycles. The minimum absolute atomic E-state index is 0.300. The van der Waals surface area contributed by atoms with Crippen molar-refractivity contribution in [2.24, 2.45) is 5.73 Å². The molecule has 0 amide bonds. The molecular formula is C14H23N3. The molecule has 94 valence electrons. The Kier molecular flexibility index (Phi) is 4.95. The Balaban J connectivity index is 2.05. The molecule has 0 saturated carbocycles. The maximum atomic E-state index is 5.94. The van der Waals surface area contributed by atoms with Crippen LogP contribution in [0.4, 0.5) is 0 Å². The Hall–Kier alpha value is -0.930. The Morgan fingerprint density at radius 1 is 1.12 bits per heavy atom. The lowest BCUT2D eigenvalue weighted by molar-refractivity contribution is 0.180. The van der Waals surface area contributed by atoms with E-state index in [2.05, 4.69) is 22.0 Å². The smallest absolute Gasteiger partial charge is 0.0644 e. The van der Waals surface area contributed by atoms with Crippen molar-refractivity contribution >= 4 is 0 Å². The molecule has 2 heterocycles. The van der Waals surface area contributed by atoms with Crippen LogP contribution >= 0.6 is 0 Å². The van der Waals surface area contributed by atoms with E-state index in [0.29, 0.717) is 12.6 Å². The van der Waals surface area contributed by atoms with E-state index >= 15 is 0 Å². The van der Waals surface area contributed by atoms with Crippen LogP contribution < -0.4 is 5.73 Å². The average molecular weight is 233 g/mol. The van der Waals surface area contributed by atoms with Crippen molar-refractivity contribution in [3.05, 3.63) is 30.1 Å². The van der Waals surface area contributed by atoms with E-state index in [-0.39, 0.29) is 0 Å². The quantitative estimate of drug-likeness (QED) is 0.871. The van der Waals surface area contributed by atoms with Crippen molar-refractivity contribution in [2.75, 3.05) is 19.6 Å². The van der Waals surface area contributed by atoms with Crippen LogP contribution in [0.25, 0.3) is 0 Å². The van der Waals surface area contributed by atoms with E-state index in [1.165, 1.54) is 45.2 Å². The normalized spacial score (nSPS) is 20.5. The van der Waals surface area contributed by atoms with Crippen LogP contribution in [0.5, 0.6) is 0 Å². The summed E-state index contributed by atoms with van der Waals surface area (Å²) in [6.07, 6.45) is 8.56. The zero-order valence-corrected chi connectivity index (χ0v) is 10.5. The largest absolute Gasteiger partial charge is 0.329 e. The zero-order valence-electron chi connectivity index (χ0n) is 10.5. The molecule has 1 unspecified atom stereocenters. The maximum absolute atomic E-state index is 5.94. The van der Waals surface area contributed by atoms with Gasteiger partial charge in [0.25, 0.3) is 0 Å². The van der Waals surface area contributed by atoms with Crippen molar-refractivity contribution in [3.8, 4) is 0 Å². The minimum atomic E-state index is 0.300. The van der Waals surface area contributed by atoms with Crippen molar-refractivity contribution < 1.29 is 0 Å². The molecule has 17 heavy (non-hydrogen) atoms. The molecule has 1 aromatic rings. The molecule has 3 heteroatoms. The molecular weight excluding hydrogens is 210 g/mol. The van der Waals surface area contributed by atoms with Gasteiger partial charge in [0.2, 0.25) is 0 Å². The van der Waals surface area contributed by atoms with Gasteiger partial charge < -0.3 is 5.73 Å². The van der Waals surface area contributed by atoms with Crippen LogP contribution in [-0.4, -0.2) is 29.5 Å². The summed E-state index contributed by atoms with van der Waals surface area (Å²) in [6.45, 7) is 2.99. The third kappa shape index (κ3) is 3.51. The SMILES string of the molecule is NCC(c1ccccn1)N1CCCCCCC1. The molecule has 0 bridgehead atoms. The number of hydrogen-bond donors (Lipinski definition) is 1. The van der Waals surface area contributed by atoms with Gasteiger partial charge in [-0.3, -0.25) is 9.88 Å².